The third kappa shape index (κ3) is 1.77. The summed E-state index contributed by atoms with van der Waals surface area (Å²) in [5, 5.41) is 11.3. The van der Waals surface area contributed by atoms with E-state index in [0.717, 1.165) is 17.0 Å². The number of carbonyl (C=O) groups excluding carboxylic acids is 2. The number of amides is 1. The Hall–Kier alpha value is -2.64. The molecule has 1 aliphatic rings. The summed E-state index contributed by atoms with van der Waals surface area (Å²) in [6.07, 6.45) is 0. The molecule has 0 unspecified atom stereocenters. The second-order valence-corrected chi connectivity index (χ2v) is 4.08. The van der Waals surface area contributed by atoms with Gasteiger partial charge in [-0.3, -0.25) is 14.5 Å². The number of carbonyl (C=O) groups is 2. The van der Waals surface area contributed by atoms with Gasteiger partial charge in [-0.25, -0.2) is 4.39 Å². The second-order valence-electron chi connectivity index (χ2n) is 4.08. The quantitative estimate of drug-likeness (QED) is 0.715. The number of ketones is 1. The predicted octanol–water partition coefficient (Wildman–Crippen LogP) is 0.0787. The molecule has 1 aromatic heterocycles. The third-order valence-electron chi connectivity index (χ3n) is 2.78. The summed E-state index contributed by atoms with van der Waals surface area (Å²) in [6.45, 7) is -0.0190. The summed E-state index contributed by atoms with van der Waals surface area (Å²) in [5.41, 5.74) is 0.428. The molecule has 8 heteroatoms. The largest absolute Gasteiger partial charge is 0.299 e. The van der Waals surface area contributed by atoms with Crippen LogP contribution in [0.5, 0.6) is 0 Å². The molecule has 0 aliphatic carbocycles. The number of halogens is 1. The van der Waals surface area contributed by atoms with Crippen LogP contribution in [0.2, 0.25) is 0 Å². The van der Waals surface area contributed by atoms with Crippen molar-refractivity contribution in [3.63, 3.8) is 0 Å². The van der Waals surface area contributed by atoms with Crippen molar-refractivity contribution in [2.75, 3.05) is 4.90 Å². The first kappa shape index (κ1) is 11.5. The Kier molecular flexibility index (Phi) is 2.37. The smallest absolute Gasteiger partial charge is 0.297 e. The molecule has 0 bridgehead atoms. The van der Waals surface area contributed by atoms with Crippen LogP contribution in [0.25, 0.3) is 0 Å². The Morgan fingerprint density at radius 1 is 1.32 bits per heavy atom. The highest BCUT2D eigenvalue weighted by Crippen LogP contribution is 2.30. The van der Waals surface area contributed by atoms with Gasteiger partial charge >= 0.3 is 0 Å². The van der Waals surface area contributed by atoms with E-state index in [-0.39, 0.29) is 23.6 Å². The molecule has 0 radical (unpaired) electrons. The van der Waals surface area contributed by atoms with Gasteiger partial charge in [0.15, 0.2) is 5.82 Å². The van der Waals surface area contributed by atoms with Gasteiger partial charge in [0.25, 0.3) is 11.7 Å². The minimum absolute atomic E-state index is 0.0190. The van der Waals surface area contributed by atoms with Crippen molar-refractivity contribution < 1.29 is 14.0 Å². The zero-order chi connectivity index (χ0) is 13.6. The number of benzene rings is 1. The van der Waals surface area contributed by atoms with Gasteiger partial charge in [0.1, 0.15) is 5.82 Å². The van der Waals surface area contributed by atoms with Crippen LogP contribution in [0.1, 0.15) is 16.2 Å². The van der Waals surface area contributed by atoms with Gasteiger partial charge in [-0.15, -0.1) is 10.2 Å². The maximum Gasteiger partial charge on any atom is 0.299 e. The number of anilines is 1. The number of hydrogen-bond donors (Lipinski definition) is 0. The van der Waals surface area contributed by atoms with Crippen LogP contribution in [0.15, 0.2) is 18.2 Å². The number of fused-ring (bicyclic) bond motifs is 1. The normalized spacial score (nSPS) is 14.1. The van der Waals surface area contributed by atoms with E-state index in [4.69, 9.17) is 0 Å². The average Bonchev–Trinajstić information content (AvgIpc) is 2.88. The van der Waals surface area contributed by atoms with E-state index < -0.39 is 17.5 Å². The van der Waals surface area contributed by atoms with E-state index in [1.54, 1.807) is 7.05 Å². The van der Waals surface area contributed by atoms with Crippen molar-refractivity contribution in [2.45, 2.75) is 6.54 Å². The molecule has 19 heavy (non-hydrogen) atoms. The van der Waals surface area contributed by atoms with Crippen LogP contribution in [-0.2, 0) is 18.4 Å². The number of rotatable bonds is 2. The minimum Gasteiger partial charge on any atom is -0.297 e. The summed E-state index contributed by atoms with van der Waals surface area (Å²) in [5.74, 6) is -1.61. The molecule has 0 fully saturated rings. The van der Waals surface area contributed by atoms with E-state index in [0.29, 0.717) is 0 Å². The monoisotopic (exact) mass is 261 g/mol. The van der Waals surface area contributed by atoms with Crippen molar-refractivity contribution in [2.24, 2.45) is 7.05 Å². The topological polar surface area (TPSA) is 81.0 Å². The maximum absolute atomic E-state index is 13.2. The fraction of sp³-hybridized carbons (Fsp3) is 0.182. The van der Waals surface area contributed by atoms with Crippen molar-refractivity contribution in [1.29, 1.82) is 0 Å². The van der Waals surface area contributed by atoms with Gasteiger partial charge < -0.3 is 0 Å². The lowest BCUT2D eigenvalue weighted by atomic mass is 10.1. The zero-order valence-electron chi connectivity index (χ0n) is 9.87. The molecule has 1 aromatic carbocycles. The van der Waals surface area contributed by atoms with E-state index in [1.165, 1.54) is 10.9 Å². The summed E-state index contributed by atoms with van der Waals surface area (Å²) < 4.78 is 13.2. The lowest BCUT2D eigenvalue weighted by Crippen LogP contribution is -2.29. The highest BCUT2D eigenvalue weighted by Gasteiger charge is 2.36. The number of tetrazole rings is 1. The van der Waals surface area contributed by atoms with Crippen molar-refractivity contribution in [1.82, 2.24) is 20.2 Å². The molecule has 1 aliphatic heterocycles. The molecular formula is C11H8FN5O2. The third-order valence-corrected chi connectivity index (χ3v) is 2.78. The first-order chi connectivity index (χ1) is 9.06. The fourth-order valence-corrected chi connectivity index (χ4v) is 1.95. The van der Waals surface area contributed by atoms with Gasteiger partial charge in [-0.05, 0) is 23.4 Å². The number of aromatic nitrogens is 4. The van der Waals surface area contributed by atoms with Crippen LogP contribution >= 0.6 is 0 Å². The summed E-state index contributed by atoms with van der Waals surface area (Å²) >= 11 is 0. The first-order valence-electron chi connectivity index (χ1n) is 5.45. The van der Waals surface area contributed by atoms with Gasteiger partial charge in [-0.1, -0.05) is 0 Å². The Morgan fingerprint density at radius 3 is 2.79 bits per heavy atom. The molecule has 0 saturated carbocycles. The number of aryl methyl sites for hydroxylation is 1. The summed E-state index contributed by atoms with van der Waals surface area (Å²) in [6, 6.07) is 3.59. The van der Waals surface area contributed by atoms with Crippen LogP contribution in [0.4, 0.5) is 10.1 Å². The van der Waals surface area contributed by atoms with Crippen LogP contribution in [0, 0.1) is 5.82 Å². The highest BCUT2D eigenvalue weighted by molar-refractivity contribution is 6.52. The highest BCUT2D eigenvalue weighted by atomic mass is 19.1. The van der Waals surface area contributed by atoms with Crippen LogP contribution in [0.3, 0.4) is 0 Å². The fourth-order valence-electron chi connectivity index (χ4n) is 1.95. The van der Waals surface area contributed by atoms with Crippen molar-refractivity contribution in [3.05, 3.63) is 35.4 Å². The number of hydrogen-bond acceptors (Lipinski definition) is 5. The van der Waals surface area contributed by atoms with E-state index in [1.807, 2.05) is 0 Å². The standard InChI is InChI=1S/C11H8FN5O2/c1-16-14-9(13-15-16)5-17-8-4-6(12)2-3-7(8)10(18)11(17)19/h2-4H,5H2,1H3. The average molecular weight is 261 g/mol. The Labute approximate surface area is 106 Å². The Morgan fingerprint density at radius 2 is 2.11 bits per heavy atom. The van der Waals surface area contributed by atoms with Gasteiger partial charge in [0, 0.05) is 0 Å². The molecule has 0 spiro atoms. The number of nitrogens with zero attached hydrogens (tertiary/aromatic N) is 5. The molecule has 0 N–H and O–H groups in total. The van der Waals surface area contributed by atoms with Gasteiger partial charge in [0.2, 0.25) is 0 Å². The molecule has 2 heterocycles. The molecule has 96 valence electrons. The van der Waals surface area contributed by atoms with Gasteiger partial charge in [0.05, 0.1) is 24.8 Å². The lowest BCUT2D eigenvalue weighted by Gasteiger charge is -2.13. The second kappa shape index (κ2) is 3.94. The Bertz CT molecular complexity index is 696. The lowest BCUT2D eigenvalue weighted by molar-refractivity contribution is -0.114. The van der Waals surface area contributed by atoms with E-state index in [9.17, 15) is 14.0 Å². The summed E-state index contributed by atoms with van der Waals surface area (Å²) in [4.78, 5) is 26.0. The number of Topliss-reactive ketones (excluding diaryl/α,β-unsaturated/α-hetero) is 1. The molecule has 0 atom stereocenters. The maximum atomic E-state index is 13.2. The van der Waals surface area contributed by atoms with Crippen LogP contribution < -0.4 is 4.90 Å². The van der Waals surface area contributed by atoms with E-state index >= 15 is 0 Å². The molecular weight excluding hydrogens is 253 g/mol. The predicted molar refractivity (Wildman–Crippen MR) is 60.7 cm³/mol. The molecule has 7 nitrogen and oxygen atoms in total. The SMILES string of the molecule is Cn1nnc(CN2C(=O)C(=O)c3ccc(F)cc32)n1. The van der Waals surface area contributed by atoms with Crippen molar-refractivity contribution >= 4 is 17.4 Å². The van der Waals surface area contributed by atoms with Crippen molar-refractivity contribution in [3.8, 4) is 0 Å². The summed E-state index contributed by atoms with van der Waals surface area (Å²) in [7, 11) is 1.58. The Balaban J connectivity index is 2.01. The molecule has 2 aromatic rings. The van der Waals surface area contributed by atoms with Crippen LogP contribution in [-0.4, -0.2) is 31.9 Å². The van der Waals surface area contributed by atoms with E-state index in [2.05, 4.69) is 15.4 Å². The molecule has 3 rings (SSSR count). The van der Waals surface area contributed by atoms with Gasteiger partial charge in [-0.2, -0.15) is 4.80 Å². The first-order valence-corrected chi connectivity index (χ1v) is 5.45. The molecule has 1 amide bonds. The zero-order valence-corrected chi connectivity index (χ0v) is 9.87. The minimum atomic E-state index is -0.715. The molecule has 0 saturated heterocycles.